The van der Waals surface area contributed by atoms with E-state index in [0.29, 0.717) is 5.69 Å². The molecule has 1 atom stereocenters. The van der Waals surface area contributed by atoms with Crippen molar-refractivity contribution in [1.82, 2.24) is 29.9 Å². The Kier molecular flexibility index (Phi) is 4.28. The van der Waals surface area contributed by atoms with Crippen molar-refractivity contribution in [1.29, 1.82) is 0 Å². The number of hydrogen-bond acceptors (Lipinski definition) is 4. The van der Waals surface area contributed by atoms with Gasteiger partial charge >= 0.3 is 0 Å². The molecule has 0 spiro atoms. The van der Waals surface area contributed by atoms with Crippen molar-refractivity contribution in [2.75, 3.05) is 0 Å². The number of carbonyl (C=O) groups excluding carboxylic acids is 1. The normalized spacial score (nSPS) is 16.3. The van der Waals surface area contributed by atoms with Gasteiger partial charge in [-0.2, -0.15) is 10.2 Å². The zero-order chi connectivity index (χ0) is 18.1. The van der Waals surface area contributed by atoms with Gasteiger partial charge in [0.1, 0.15) is 5.69 Å². The summed E-state index contributed by atoms with van der Waals surface area (Å²) >= 11 is 0. The number of amides is 1. The summed E-state index contributed by atoms with van der Waals surface area (Å²) in [7, 11) is 1.81. The number of carbonyl (C=O) groups is 1. The molecule has 0 bridgehead atoms. The molecule has 26 heavy (non-hydrogen) atoms. The van der Waals surface area contributed by atoms with Crippen molar-refractivity contribution >= 4 is 5.91 Å². The number of nitrogens with zero attached hydrogens (tertiary/aromatic N) is 5. The monoisotopic (exact) mass is 350 g/mol. The lowest BCUT2D eigenvalue weighted by Gasteiger charge is -2.24. The van der Waals surface area contributed by atoms with E-state index in [1.807, 2.05) is 43.0 Å². The summed E-state index contributed by atoms with van der Waals surface area (Å²) in [4.78, 5) is 16.8. The van der Waals surface area contributed by atoms with E-state index in [4.69, 9.17) is 0 Å². The van der Waals surface area contributed by atoms with Crippen molar-refractivity contribution in [2.45, 2.75) is 38.6 Å². The summed E-state index contributed by atoms with van der Waals surface area (Å²) < 4.78 is 3.60. The van der Waals surface area contributed by atoms with Crippen molar-refractivity contribution in [3.8, 4) is 5.69 Å². The van der Waals surface area contributed by atoms with Gasteiger partial charge < -0.3 is 5.32 Å². The van der Waals surface area contributed by atoms with Gasteiger partial charge in [0, 0.05) is 30.7 Å². The minimum atomic E-state index is -0.0887. The molecule has 0 saturated carbocycles. The topological polar surface area (TPSA) is 77.6 Å². The number of pyridine rings is 1. The second-order valence-electron chi connectivity index (χ2n) is 6.58. The molecule has 3 aromatic rings. The fourth-order valence-corrected chi connectivity index (χ4v) is 3.56. The molecule has 0 aliphatic heterocycles. The molecule has 0 fully saturated rings. The maximum absolute atomic E-state index is 12.7. The summed E-state index contributed by atoms with van der Waals surface area (Å²) in [5.41, 5.74) is 4.77. The third-order valence-electron chi connectivity index (χ3n) is 4.92. The van der Waals surface area contributed by atoms with Crippen LogP contribution in [0.4, 0.5) is 0 Å². The van der Waals surface area contributed by atoms with Crippen molar-refractivity contribution < 1.29 is 4.79 Å². The van der Waals surface area contributed by atoms with Crippen molar-refractivity contribution in [2.24, 2.45) is 7.05 Å². The molecule has 3 aromatic heterocycles. The van der Waals surface area contributed by atoms with Crippen molar-refractivity contribution in [3.63, 3.8) is 0 Å². The lowest BCUT2D eigenvalue weighted by atomic mass is 9.92. The average Bonchev–Trinajstić information content (AvgIpc) is 3.26. The van der Waals surface area contributed by atoms with E-state index in [2.05, 4.69) is 20.5 Å². The Bertz CT molecular complexity index is 927. The van der Waals surface area contributed by atoms with Crippen LogP contribution >= 0.6 is 0 Å². The van der Waals surface area contributed by atoms with Gasteiger partial charge in [-0.05, 0) is 43.9 Å². The highest BCUT2D eigenvalue weighted by Gasteiger charge is 2.27. The standard InChI is InChI=1S/C19H22N6O/c1-3-13-11-18(24(2)23-13)19(26)22-16-5-4-6-17-15(16)12-21-25(17)14-7-9-20-10-8-14/h7-12,16H,3-6H2,1-2H3,(H,22,26)/t16-/m1/s1. The number of fused-ring (bicyclic) bond motifs is 1. The first-order chi connectivity index (χ1) is 12.7. The minimum Gasteiger partial charge on any atom is -0.344 e. The summed E-state index contributed by atoms with van der Waals surface area (Å²) in [5.74, 6) is -0.0887. The Morgan fingerprint density at radius 3 is 2.88 bits per heavy atom. The van der Waals surface area contributed by atoms with Crippen LogP contribution in [0.3, 0.4) is 0 Å². The number of rotatable bonds is 4. The van der Waals surface area contributed by atoms with Gasteiger partial charge in [-0.15, -0.1) is 0 Å². The highest BCUT2D eigenvalue weighted by molar-refractivity contribution is 5.93. The zero-order valence-electron chi connectivity index (χ0n) is 15.0. The van der Waals surface area contributed by atoms with Crippen molar-refractivity contribution in [3.05, 3.63) is 59.4 Å². The molecular formula is C19H22N6O. The van der Waals surface area contributed by atoms with Crippen LogP contribution in [-0.2, 0) is 19.9 Å². The molecule has 7 heteroatoms. The first-order valence-electron chi connectivity index (χ1n) is 8.98. The molecule has 1 aliphatic rings. The Morgan fingerprint density at radius 2 is 2.15 bits per heavy atom. The van der Waals surface area contributed by atoms with Gasteiger partial charge in [0.2, 0.25) is 0 Å². The fourth-order valence-electron chi connectivity index (χ4n) is 3.56. The van der Waals surface area contributed by atoms with E-state index < -0.39 is 0 Å². The van der Waals surface area contributed by atoms with Gasteiger partial charge in [0.15, 0.2) is 0 Å². The highest BCUT2D eigenvalue weighted by Crippen LogP contribution is 2.31. The van der Waals surface area contributed by atoms with E-state index in [1.54, 1.807) is 17.1 Å². The molecule has 134 valence electrons. The summed E-state index contributed by atoms with van der Waals surface area (Å²) in [5, 5.41) is 12.1. The maximum Gasteiger partial charge on any atom is 0.270 e. The first-order valence-corrected chi connectivity index (χ1v) is 8.98. The van der Waals surface area contributed by atoms with Crippen LogP contribution in [0.15, 0.2) is 36.8 Å². The third kappa shape index (κ3) is 2.89. The van der Waals surface area contributed by atoms with E-state index in [0.717, 1.165) is 48.3 Å². The molecule has 1 aliphatic carbocycles. The molecule has 1 N–H and O–H groups in total. The Balaban J connectivity index is 1.60. The average molecular weight is 350 g/mol. The van der Waals surface area contributed by atoms with Crippen LogP contribution in [0.5, 0.6) is 0 Å². The summed E-state index contributed by atoms with van der Waals surface area (Å²) in [6.07, 6.45) is 9.10. The summed E-state index contributed by atoms with van der Waals surface area (Å²) in [6, 6.07) is 5.72. The molecule has 3 heterocycles. The molecule has 1 amide bonds. The van der Waals surface area contributed by atoms with Gasteiger partial charge in [-0.3, -0.25) is 14.5 Å². The van der Waals surface area contributed by atoms with Gasteiger partial charge in [0.25, 0.3) is 5.91 Å². The quantitative estimate of drug-likeness (QED) is 0.784. The predicted molar refractivity (Wildman–Crippen MR) is 97.1 cm³/mol. The van der Waals surface area contributed by atoms with Crippen LogP contribution in [-0.4, -0.2) is 30.5 Å². The van der Waals surface area contributed by atoms with Gasteiger partial charge in [-0.1, -0.05) is 6.92 Å². The second-order valence-corrected chi connectivity index (χ2v) is 6.58. The smallest absolute Gasteiger partial charge is 0.270 e. The molecule has 7 nitrogen and oxygen atoms in total. The minimum absolute atomic E-state index is 0.0261. The Hall–Kier alpha value is -2.96. The fraction of sp³-hybridized carbons (Fsp3) is 0.368. The predicted octanol–water partition coefficient (Wildman–Crippen LogP) is 2.37. The van der Waals surface area contributed by atoms with E-state index in [9.17, 15) is 4.79 Å². The SMILES string of the molecule is CCc1cc(C(=O)N[C@@H]2CCCc3c2cnn3-c2ccncc2)n(C)n1. The maximum atomic E-state index is 12.7. The van der Waals surface area contributed by atoms with Crippen LogP contribution in [0.1, 0.15) is 53.2 Å². The molecule has 4 rings (SSSR count). The van der Waals surface area contributed by atoms with E-state index >= 15 is 0 Å². The molecular weight excluding hydrogens is 328 g/mol. The number of aromatic nitrogens is 5. The molecule has 0 unspecified atom stereocenters. The lowest BCUT2D eigenvalue weighted by molar-refractivity contribution is 0.0923. The Labute approximate surface area is 152 Å². The largest absolute Gasteiger partial charge is 0.344 e. The van der Waals surface area contributed by atoms with E-state index in [1.165, 1.54) is 0 Å². The molecule has 0 aromatic carbocycles. The molecule has 0 radical (unpaired) electrons. The van der Waals surface area contributed by atoms with E-state index in [-0.39, 0.29) is 11.9 Å². The second kappa shape index (κ2) is 6.74. The Morgan fingerprint density at radius 1 is 1.35 bits per heavy atom. The number of nitrogens with one attached hydrogen (secondary N) is 1. The zero-order valence-corrected chi connectivity index (χ0v) is 15.0. The van der Waals surface area contributed by atoms with Gasteiger partial charge in [-0.25, -0.2) is 4.68 Å². The lowest BCUT2D eigenvalue weighted by Crippen LogP contribution is -2.32. The van der Waals surface area contributed by atoms with Crippen LogP contribution in [0, 0.1) is 0 Å². The summed E-state index contributed by atoms with van der Waals surface area (Å²) in [6.45, 7) is 2.03. The molecule has 0 saturated heterocycles. The van der Waals surface area contributed by atoms with Crippen LogP contribution in [0.2, 0.25) is 0 Å². The van der Waals surface area contributed by atoms with Crippen LogP contribution < -0.4 is 5.32 Å². The first kappa shape index (κ1) is 16.5. The van der Waals surface area contributed by atoms with Gasteiger partial charge in [0.05, 0.1) is 23.6 Å². The highest BCUT2D eigenvalue weighted by atomic mass is 16.2. The third-order valence-corrected chi connectivity index (χ3v) is 4.92. The van der Waals surface area contributed by atoms with Crippen LogP contribution in [0.25, 0.3) is 5.69 Å². The number of aryl methyl sites for hydroxylation is 2. The number of hydrogen-bond donors (Lipinski definition) is 1.